The fraction of sp³-hybridized carbons (Fsp3) is 0.455. The molecule has 94 valence electrons. The third kappa shape index (κ3) is 4.86. The molecule has 5 nitrogen and oxygen atoms in total. The fourth-order valence-corrected chi connectivity index (χ4v) is 2.21. The molecule has 0 aliphatic carbocycles. The number of nitrogens with one attached hydrogen (secondary N) is 1. The van der Waals surface area contributed by atoms with Crippen LogP contribution in [0.25, 0.3) is 0 Å². The van der Waals surface area contributed by atoms with Crippen molar-refractivity contribution >= 4 is 23.3 Å². The highest BCUT2D eigenvalue weighted by Crippen LogP contribution is 2.10. The summed E-state index contributed by atoms with van der Waals surface area (Å²) in [5.74, 6) is -1.02. The molecule has 2 N–H and O–H groups in total. The van der Waals surface area contributed by atoms with Crippen LogP contribution in [0.5, 0.6) is 0 Å². The van der Waals surface area contributed by atoms with Crippen LogP contribution in [0.1, 0.15) is 11.8 Å². The SMILES string of the molecule is CC(Cc1cccs1)NC(=O)N(C)CC(=O)O. The minimum Gasteiger partial charge on any atom is -0.480 e. The maximum Gasteiger partial charge on any atom is 0.323 e. The highest BCUT2D eigenvalue weighted by molar-refractivity contribution is 7.09. The van der Waals surface area contributed by atoms with E-state index in [1.807, 2.05) is 24.4 Å². The minimum absolute atomic E-state index is 0.0163. The summed E-state index contributed by atoms with van der Waals surface area (Å²) < 4.78 is 0. The van der Waals surface area contributed by atoms with Gasteiger partial charge in [0.2, 0.25) is 0 Å². The molecule has 0 aromatic carbocycles. The summed E-state index contributed by atoms with van der Waals surface area (Å²) in [5, 5.41) is 13.3. The number of carbonyl (C=O) groups excluding carboxylic acids is 1. The summed E-state index contributed by atoms with van der Waals surface area (Å²) in [6.45, 7) is 1.60. The number of carboxylic acids is 1. The summed E-state index contributed by atoms with van der Waals surface area (Å²) in [4.78, 5) is 24.3. The molecule has 0 fully saturated rings. The number of urea groups is 1. The third-order valence-electron chi connectivity index (χ3n) is 2.18. The van der Waals surface area contributed by atoms with Crippen LogP contribution >= 0.6 is 11.3 Å². The van der Waals surface area contributed by atoms with E-state index in [9.17, 15) is 9.59 Å². The van der Waals surface area contributed by atoms with Gasteiger partial charge in [0.25, 0.3) is 0 Å². The molecule has 1 aromatic heterocycles. The average molecular weight is 256 g/mol. The Morgan fingerprint density at radius 1 is 1.59 bits per heavy atom. The number of rotatable bonds is 5. The molecule has 0 aliphatic rings. The van der Waals surface area contributed by atoms with Crippen molar-refractivity contribution in [3.8, 4) is 0 Å². The third-order valence-corrected chi connectivity index (χ3v) is 3.08. The van der Waals surface area contributed by atoms with Gasteiger partial charge in [-0.25, -0.2) is 4.79 Å². The molecule has 1 heterocycles. The van der Waals surface area contributed by atoms with Crippen molar-refractivity contribution in [2.24, 2.45) is 0 Å². The van der Waals surface area contributed by atoms with Crippen LogP contribution in [0.2, 0.25) is 0 Å². The van der Waals surface area contributed by atoms with Gasteiger partial charge in [0.1, 0.15) is 6.54 Å². The molecule has 17 heavy (non-hydrogen) atoms. The van der Waals surface area contributed by atoms with Gasteiger partial charge in [-0.3, -0.25) is 4.79 Å². The van der Waals surface area contributed by atoms with E-state index in [1.165, 1.54) is 11.9 Å². The van der Waals surface area contributed by atoms with Crippen molar-refractivity contribution in [2.45, 2.75) is 19.4 Å². The van der Waals surface area contributed by atoms with Gasteiger partial charge < -0.3 is 15.3 Å². The van der Waals surface area contributed by atoms with Crippen molar-refractivity contribution < 1.29 is 14.7 Å². The zero-order valence-electron chi connectivity index (χ0n) is 9.84. The molecule has 0 saturated carbocycles. The Labute approximate surface area is 104 Å². The van der Waals surface area contributed by atoms with Gasteiger partial charge in [0.05, 0.1) is 0 Å². The maximum absolute atomic E-state index is 11.6. The average Bonchev–Trinajstić information content (AvgIpc) is 2.68. The Kier molecular flexibility index (Phi) is 4.96. The normalized spacial score (nSPS) is 11.9. The zero-order chi connectivity index (χ0) is 12.8. The van der Waals surface area contributed by atoms with Crippen molar-refractivity contribution in [3.63, 3.8) is 0 Å². The number of thiophene rings is 1. The van der Waals surface area contributed by atoms with Gasteiger partial charge in [-0.15, -0.1) is 11.3 Å². The Morgan fingerprint density at radius 3 is 2.82 bits per heavy atom. The first-order valence-electron chi connectivity index (χ1n) is 5.25. The van der Waals surface area contributed by atoms with E-state index in [1.54, 1.807) is 11.3 Å². The molecule has 0 bridgehead atoms. The largest absolute Gasteiger partial charge is 0.480 e. The second kappa shape index (κ2) is 6.24. The van der Waals surface area contributed by atoms with Crippen LogP contribution in [0.15, 0.2) is 17.5 Å². The Balaban J connectivity index is 2.37. The lowest BCUT2D eigenvalue weighted by molar-refractivity contribution is -0.137. The monoisotopic (exact) mass is 256 g/mol. The lowest BCUT2D eigenvalue weighted by Gasteiger charge is -2.19. The van der Waals surface area contributed by atoms with E-state index in [0.29, 0.717) is 0 Å². The number of likely N-dealkylation sites (N-methyl/N-ethyl adjacent to an activating group) is 1. The molecule has 0 radical (unpaired) electrons. The van der Waals surface area contributed by atoms with Gasteiger partial charge in [-0.2, -0.15) is 0 Å². The fourth-order valence-electron chi connectivity index (χ4n) is 1.38. The maximum atomic E-state index is 11.6. The number of hydrogen-bond acceptors (Lipinski definition) is 3. The quantitative estimate of drug-likeness (QED) is 0.836. The number of carbonyl (C=O) groups is 2. The first-order valence-corrected chi connectivity index (χ1v) is 6.13. The highest BCUT2D eigenvalue weighted by atomic mass is 32.1. The standard InChI is InChI=1S/C11H16N2O3S/c1-8(6-9-4-3-5-17-9)12-11(16)13(2)7-10(14)15/h3-5,8H,6-7H2,1-2H3,(H,12,16)(H,14,15). The smallest absolute Gasteiger partial charge is 0.323 e. The molecule has 0 aliphatic heterocycles. The first kappa shape index (κ1) is 13.5. The van der Waals surface area contributed by atoms with Gasteiger partial charge in [0, 0.05) is 24.4 Å². The molecular weight excluding hydrogens is 240 g/mol. The van der Waals surface area contributed by atoms with E-state index >= 15 is 0 Å². The summed E-state index contributed by atoms with van der Waals surface area (Å²) in [6.07, 6.45) is 0.754. The van der Waals surface area contributed by atoms with E-state index < -0.39 is 5.97 Å². The van der Waals surface area contributed by atoms with E-state index in [2.05, 4.69) is 5.32 Å². The van der Waals surface area contributed by atoms with Gasteiger partial charge >= 0.3 is 12.0 Å². The highest BCUT2D eigenvalue weighted by Gasteiger charge is 2.14. The Morgan fingerprint density at radius 2 is 2.29 bits per heavy atom. The topological polar surface area (TPSA) is 69.6 Å². The predicted molar refractivity (Wildman–Crippen MR) is 66.3 cm³/mol. The van der Waals surface area contributed by atoms with Crippen LogP contribution in [-0.2, 0) is 11.2 Å². The molecule has 1 atom stereocenters. The molecule has 0 spiro atoms. The second-order valence-corrected chi connectivity index (χ2v) is 4.92. The molecule has 1 unspecified atom stereocenters. The lowest BCUT2D eigenvalue weighted by atomic mass is 10.2. The molecule has 0 saturated heterocycles. The molecular formula is C11H16N2O3S. The van der Waals surface area contributed by atoms with E-state index in [0.717, 1.165) is 11.3 Å². The van der Waals surface area contributed by atoms with E-state index in [4.69, 9.17) is 5.11 Å². The van der Waals surface area contributed by atoms with E-state index in [-0.39, 0.29) is 18.6 Å². The van der Waals surface area contributed by atoms with Crippen molar-refractivity contribution in [2.75, 3.05) is 13.6 Å². The number of aliphatic carboxylic acids is 1. The number of hydrogen-bond donors (Lipinski definition) is 2. The van der Waals surface area contributed by atoms with Crippen LogP contribution in [0.4, 0.5) is 4.79 Å². The number of nitrogens with zero attached hydrogens (tertiary/aromatic N) is 1. The van der Waals surface area contributed by atoms with Gasteiger partial charge in [0.15, 0.2) is 0 Å². The molecule has 2 amide bonds. The molecule has 1 rings (SSSR count). The van der Waals surface area contributed by atoms with Gasteiger partial charge in [-0.1, -0.05) is 6.07 Å². The number of amides is 2. The van der Waals surface area contributed by atoms with Crippen LogP contribution < -0.4 is 5.32 Å². The van der Waals surface area contributed by atoms with Crippen molar-refractivity contribution in [3.05, 3.63) is 22.4 Å². The Bertz CT molecular complexity index is 378. The van der Waals surface area contributed by atoms with Crippen LogP contribution in [0.3, 0.4) is 0 Å². The predicted octanol–water partition coefficient (Wildman–Crippen LogP) is 1.41. The summed E-state index contributed by atoms with van der Waals surface area (Å²) in [7, 11) is 1.46. The van der Waals surface area contributed by atoms with Gasteiger partial charge in [-0.05, 0) is 18.4 Å². The summed E-state index contributed by atoms with van der Waals surface area (Å²) in [5.41, 5.74) is 0. The lowest BCUT2D eigenvalue weighted by Crippen LogP contribution is -2.44. The summed E-state index contributed by atoms with van der Waals surface area (Å²) in [6, 6.07) is 3.59. The van der Waals surface area contributed by atoms with Crippen LogP contribution in [0, 0.1) is 0 Å². The van der Waals surface area contributed by atoms with Crippen LogP contribution in [-0.4, -0.2) is 41.6 Å². The minimum atomic E-state index is -1.02. The van der Waals surface area contributed by atoms with Crippen molar-refractivity contribution in [1.29, 1.82) is 0 Å². The molecule has 6 heteroatoms. The van der Waals surface area contributed by atoms with Crippen molar-refractivity contribution in [1.82, 2.24) is 10.2 Å². The summed E-state index contributed by atoms with van der Waals surface area (Å²) >= 11 is 1.64. The Hall–Kier alpha value is -1.56. The second-order valence-electron chi connectivity index (χ2n) is 3.88. The number of carboxylic acid groups (broad SMARTS) is 1. The zero-order valence-corrected chi connectivity index (χ0v) is 10.7. The molecule has 1 aromatic rings. The first-order chi connectivity index (χ1) is 7.99.